The summed E-state index contributed by atoms with van der Waals surface area (Å²) in [4.78, 5) is 10.6. The Labute approximate surface area is 296 Å². The van der Waals surface area contributed by atoms with Crippen LogP contribution < -0.4 is 18.9 Å². The molecule has 6 bridgehead atoms. The van der Waals surface area contributed by atoms with Gasteiger partial charge in [0.1, 0.15) is 23.0 Å². The smallest absolute Gasteiger partial charge is 0.132 e. The molecule has 0 saturated heterocycles. The van der Waals surface area contributed by atoms with Gasteiger partial charge in [-0.05, 0) is 113 Å². The topological polar surface area (TPSA) is 62.7 Å². The van der Waals surface area contributed by atoms with Crippen molar-refractivity contribution >= 4 is 21.8 Å². The average Bonchev–Trinajstić information content (AvgIpc) is 3.14. The summed E-state index contributed by atoms with van der Waals surface area (Å²) in [5.74, 6) is 3.19. The molecular weight excluding hydrogens is 620 g/mol. The normalized spacial score (nSPS) is 18.1. The lowest BCUT2D eigenvalue weighted by atomic mass is 10.0. The summed E-state index contributed by atoms with van der Waals surface area (Å²) in [6.07, 6.45) is 21.6. The van der Waals surface area contributed by atoms with Crippen LogP contribution in [0, 0.1) is 0 Å². The molecule has 2 aliphatic heterocycles. The number of rotatable bonds is 0. The van der Waals surface area contributed by atoms with Crippen molar-refractivity contribution < 1.29 is 18.9 Å². The van der Waals surface area contributed by atoms with Crippen molar-refractivity contribution in [2.24, 2.45) is 0 Å². The van der Waals surface area contributed by atoms with Crippen LogP contribution in [0.4, 0.5) is 0 Å². The second-order valence-corrected chi connectivity index (χ2v) is 13.2. The Balaban J connectivity index is 1.38. The highest BCUT2D eigenvalue weighted by atomic mass is 16.5. The third-order valence-corrected chi connectivity index (χ3v) is 9.43. The first-order valence-electron chi connectivity index (χ1n) is 18.6. The molecule has 2 aliphatic rings. The van der Waals surface area contributed by atoms with Gasteiger partial charge in [-0.2, -0.15) is 0 Å². The van der Waals surface area contributed by atoms with Gasteiger partial charge in [-0.25, -0.2) is 9.97 Å². The number of hydrogen-bond acceptors (Lipinski definition) is 6. The molecule has 0 amide bonds. The number of allylic oxidation sites excluding steroid dienone is 4. The Morgan fingerprint density at radius 1 is 0.360 bits per heavy atom. The monoisotopic (exact) mass is 668 g/mol. The number of hydrogen-bond donors (Lipinski definition) is 0. The highest BCUT2D eigenvalue weighted by Crippen LogP contribution is 2.41. The molecule has 258 valence electrons. The van der Waals surface area contributed by atoms with Crippen molar-refractivity contribution in [1.82, 2.24) is 9.97 Å². The fourth-order valence-corrected chi connectivity index (χ4v) is 6.71. The lowest BCUT2D eigenvalue weighted by molar-refractivity contribution is 0.293. The Bertz CT molecular complexity index is 1740. The number of nitrogens with zero attached hydrogens (tertiary/aromatic N) is 2. The van der Waals surface area contributed by atoms with Gasteiger partial charge in [0.25, 0.3) is 0 Å². The van der Waals surface area contributed by atoms with Crippen molar-refractivity contribution in [2.75, 3.05) is 26.4 Å². The number of ether oxygens (including phenoxy) is 4. The zero-order valence-electron chi connectivity index (χ0n) is 29.1. The zero-order chi connectivity index (χ0) is 33.8. The summed E-state index contributed by atoms with van der Waals surface area (Å²) in [5.41, 5.74) is 5.08. The SMILES string of the molecule is C1=C/CCCCOc2cccc3c2-c2ccc4ccc5ccc(nc5c4n2)-c2c(cccc2OCCCC/C=C/CCCCO3)OCCCC/1. The molecule has 5 aromatic rings. The average molecular weight is 669 g/mol. The summed E-state index contributed by atoms with van der Waals surface area (Å²) in [6, 6.07) is 24.9. The number of aromatic nitrogens is 2. The highest BCUT2D eigenvalue weighted by molar-refractivity contribution is 6.04. The molecule has 0 saturated carbocycles. The molecule has 0 N–H and O–H groups in total. The van der Waals surface area contributed by atoms with Gasteiger partial charge in [0.15, 0.2) is 0 Å². The summed E-state index contributed by atoms with van der Waals surface area (Å²) < 4.78 is 26.0. The van der Waals surface area contributed by atoms with Gasteiger partial charge in [-0.15, -0.1) is 0 Å². The molecule has 50 heavy (non-hydrogen) atoms. The van der Waals surface area contributed by atoms with E-state index in [0.29, 0.717) is 26.4 Å². The first kappa shape index (κ1) is 33.6. The summed E-state index contributed by atoms with van der Waals surface area (Å²) in [6.45, 7) is 2.55. The van der Waals surface area contributed by atoms with E-state index in [-0.39, 0.29) is 0 Å². The molecule has 3 aromatic carbocycles. The molecule has 0 unspecified atom stereocenters. The molecule has 0 atom stereocenters. The van der Waals surface area contributed by atoms with E-state index < -0.39 is 0 Å². The van der Waals surface area contributed by atoms with Crippen LogP contribution in [0.2, 0.25) is 0 Å². The molecule has 2 aromatic heterocycles. The van der Waals surface area contributed by atoms with E-state index in [9.17, 15) is 0 Å². The largest absolute Gasteiger partial charge is 0.493 e. The predicted molar refractivity (Wildman–Crippen MR) is 204 cm³/mol. The van der Waals surface area contributed by atoms with Crippen LogP contribution in [0.3, 0.4) is 0 Å². The van der Waals surface area contributed by atoms with Gasteiger partial charge in [-0.3, -0.25) is 0 Å². The molecular formula is C44H48N2O4. The molecule has 6 heteroatoms. The Hall–Kier alpha value is -4.84. The fourth-order valence-electron chi connectivity index (χ4n) is 6.71. The van der Waals surface area contributed by atoms with Crippen molar-refractivity contribution in [3.63, 3.8) is 0 Å². The minimum absolute atomic E-state index is 0.638. The molecule has 0 aliphatic carbocycles. The second-order valence-electron chi connectivity index (χ2n) is 13.2. The van der Waals surface area contributed by atoms with Crippen molar-refractivity contribution in [3.8, 4) is 45.5 Å². The zero-order valence-corrected chi connectivity index (χ0v) is 29.1. The molecule has 7 rings (SSSR count). The Morgan fingerprint density at radius 2 is 0.680 bits per heavy atom. The maximum absolute atomic E-state index is 6.49. The first-order chi connectivity index (χ1) is 24.8. The standard InChI is InChI=1S/C44H48N2O4/c1-2-6-10-14-30-48-38-20-18-22-40-42(38)36-28-26-34-24-23-33-25-27-35(45-43(33)44(34)46-36)41-37(47-29-13-9-5-1)19-17-21-39(41)49-31-15-11-7-3-4-8-12-16-32-50-40/h1-4,17-28H,5-16,29-32H2/b2-1+,4-3+. The van der Waals surface area contributed by atoms with Crippen LogP contribution in [0.25, 0.3) is 44.3 Å². The van der Waals surface area contributed by atoms with Gasteiger partial charge < -0.3 is 18.9 Å². The van der Waals surface area contributed by atoms with Crippen LogP contribution >= 0.6 is 0 Å². The minimum Gasteiger partial charge on any atom is -0.493 e. The second kappa shape index (κ2) is 17.2. The Morgan fingerprint density at radius 3 is 1.02 bits per heavy atom. The minimum atomic E-state index is 0.638. The summed E-state index contributed by atoms with van der Waals surface area (Å²) in [7, 11) is 0. The first-order valence-corrected chi connectivity index (χ1v) is 18.6. The van der Waals surface area contributed by atoms with Gasteiger partial charge in [0, 0.05) is 10.8 Å². The highest BCUT2D eigenvalue weighted by Gasteiger charge is 2.19. The maximum Gasteiger partial charge on any atom is 0.132 e. The van der Waals surface area contributed by atoms with Gasteiger partial charge in [0.2, 0.25) is 0 Å². The van der Waals surface area contributed by atoms with Crippen LogP contribution in [0.1, 0.15) is 77.0 Å². The number of benzene rings is 3. The van der Waals surface area contributed by atoms with Crippen LogP contribution in [-0.2, 0) is 0 Å². The third kappa shape index (κ3) is 8.30. The molecule has 6 nitrogen and oxygen atoms in total. The third-order valence-electron chi connectivity index (χ3n) is 9.43. The molecule has 0 spiro atoms. The fraction of sp³-hybridized carbons (Fsp3) is 0.364. The maximum atomic E-state index is 6.49. The molecule has 0 fully saturated rings. The van der Waals surface area contributed by atoms with Crippen LogP contribution in [0.15, 0.2) is 97.1 Å². The molecule has 0 radical (unpaired) electrons. The van der Waals surface area contributed by atoms with Crippen molar-refractivity contribution in [3.05, 3.63) is 97.1 Å². The lowest BCUT2D eigenvalue weighted by Crippen LogP contribution is -2.04. The van der Waals surface area contributed by atoms with E-state index in [4.69, 9.17) is 28.9 Å². The van der Waals surface area contributed by atoms with Crippen LogP contribution in [-0.4, -0.2) is 36.4 Å². The quantitative estimate of drug-likeness (QED) is 0.121. The van der Waals surface area contributed by atoms with Crippen molar-refractivity contribution in [2.45, 2.75) is 77.0 Å². The molecule has 4 heterocycles. The summed E-state index contributed by atoms with van der Waals surface area (Å²) >= 11 is 0. The van der Waals surface area contributed by atoms with Gasteiger partial charge >= 0.3 is 0 Å². The van der Waals surface area contributed by atoms with Gasteiger partial charge in [-0.1, -0.05) is 60.7 Å². The predicted octanol–water partition coefficient (Wildman–Crippen LogP) is 11.5. The van der Waals surface area contributed by atoms with Gasteiger partial charge in [0.05, 0.1) is 60.0 Å². The van der Waals surface area contributed by atoms with E-state index in [2.05, 4.69) is 60.7 Å². The van der Waals surface area contributed by atoms with Crippen molar-refractivity contribution in [1.29, 1.82) is 0 Å². The van der Waals surface area contributed by atoms with E-state index in [1.165, 1.54) is 0 Å². The lowest BCUT2D eigenvalue weighted by Gasteiger charge is -2.18. The van der Waals surface area contributed by atoms with E-state index in [1.807, 2.05) is 36.4 Å². The van der Waals surface area contributed by atoms with E-state index >= 15 is 0 Å². The summed E-state index contributed by atoms with van der Waals surface area (Å²) in [5, 5.41) is 2.05. The van der Waals surface area contributed by atoms with E-state index in [1.54, 1.807) is 0 Å². The van der Waals surface area contributed by atoms with Crippen LogP contribution in [0.5, 0.6) is 23.0 Å². The number of pyridine rings is 2. The Kier molecular flexibility index (Phi) is 11.6. The van der Waals surface area contributed by atoms with E-state index in [0.717, 1.165) is 144 Å².